The number of rotatable bonds is 10. The molecule has 42 heavy (non-hydrogen) atoms. The summed E-state index contributed by atoms with van der Waals surface area (Å²) in [6.07, 6.45) is 2.95. The van der Waals surface area contributed by atoms with Crippen LogP contribution in [0.1, 0.15) is 11.1 Å². The molecule has 12 nitrogen and oxygen atoms in total. The Morgan fingerprint density at radius 2 is 1.14 bits per heavy atom. The molecule has 0 saturated carbocycles. The Hall–Kier alpha value is -4.70. The van der Waals surface area contributed by atoms with Crippen LogP contribution in [0.25, 0.3) is 12.2 Å². The molecule has 0 aliphatic carbocycles. The van der Waals surface area contributed by atoms with E-state index in [0.717, 1.165) is 6.07 Å². The van der Waals surface area contributed by atoms with Crippen LogP contribution in [0.4, 0.5) is 32.3 Å². The molecule has 0 atom stereocenters. The van der Waals surface area contributed by atoms with Crippen LogP contribution in [-0.2, 0) is 19.5 Å². The first kappa shape index (κ1) is 30.3. The maximum atomic E-state index is 12.4. The number of benzene rings is 4. The first-order valence-electron chi connectivity index (χ1n) is 12.1. The van der Waals surface area contributed by atoms with Crippen LogP contribution in [0.15, 0.2) is 107 Å². The number of hydrogen-bond donors (Lipinski definition) is 6. The fourth-order valence-electron chi connectivity index (χ4n) is 3.66. The molecule has 0 heterocycles. The number of carbonyl (C=O) groups excluding carboxylic acids is 2. The van der Waals surface area contributed by atoms with Crippen molar-refractivity contribution >= 4 is 69.1 Å². The lowest BCUT2D eigenvalue weighted by molar-refractivity contribution is -0.432. The highest BCUT2D eigenvalue weighted by molar-refractivity contribution is 7.94. The largest absolute Gasteiger partial charge is 0.323 e. The van der Waals surface area contributed by atoms with Gasteiger partial charge in [-0.15, -0.1) is 4.33 Å². The van der Waals surface area contributed by atoms with Gasteiger partial charge < -0.3 is 21.3 Å². The molecule has 4 amide bonds. The third-order valence-corrected chi connectivity index (χ3v) is 7.05. The van der Waals surface area contributed by atoms with E-state index in [0.29, 0.717) is 39.6 Å². The van der Waals surface area contributed by atoms with Crippen molar-refractivity contribution < 1.29 is 37.2 Å². The third-order valence-electron chi connectivity index (χ3n) is 5.48. The molecule has 6 N–H and O–H groups in total. The molecule has 216 valence electrons. The van der Waals surface area contributed by atoms with Crippen LogP contribution in [0.3, 0.4) is 0 Å². The zero-order valence-corrected chi connectivity index (χ0v) is 23.2. The predicted octanol–water partition coefficient (Wildman–Crippen LogP) is 6.82. The van der Waals surface area contributed by atoms with Crippen LogP contribution >= 0.6 is 12.0 Å². The van der Waals surface area contributed by atoms with E-state index in [1.807, 2.05) is 6.07 Å². The molecular formula is C28H24N4O8S2. The van der Waals surface area contributed by atoms with Gasteiger partial charge in [-0.25, -0.2) is 14.8 Å². The van der Waals surface area contributed by atoms with E-state index in [2.05, 4.69) is 30.6 Å². The Morgan fingerprint density at radius 3 is 1.67 bits per heavy atom. The molecule has 0 fully saturated rings. The summed E-state index contributed by atoms with van der Waals surface area (Å²) in [5.41, 5.74) is 2.23. The van der Waals surface area contributed by atoms with Gasteiger partial charge in [0.2, 0.25) is 0 Å². The summed E-state index contributed by atoms with van der Waals surface area (Å²) in [6, 6.07) is 25.1. The fraction of sp³-hybridized carbons (Fsp3) is 0. The zero-order valence-electron chi connectivity index (χ0n) is 21.6. The van der Waals surface area contributed by atoms with E-state index in [-0.39, 0.29) is 11.3 Å². The average Bonchev–Trinajstić information content (AvgIpc) is 2.96. The van der Waals surface area contributed by atoms with Gasteiger partial charge in [-0.05, 0) is 59.7 Å². The fourth-order valence-corrected chi connectivity index (χ4v) is 4.88. The second-order valence-corrected chi connectivity index (χ2v) is 10.6. The van der Waals surface area contributed by atoms with Gasteiger partial charge in [0, 0.05) is 27.6 Å². The Morgan fingerprint density at radius 1 is 0.667 bits per heavy atom. The third kappa shape index (κ3) is 8.90. The first-order chi connectivity index (χ1) is 20.2. The van der Waals surface area contributed by atoms with E-state index in [1.165, 1.54) is 30.4 Å². The maximum absolute atomic E-state index is 12.4. The molecule has 0 spiro atoms. The minimum atomic E-state index is -4.69. The Kier molecular flexibility index (Phi) is 10.3. The van der Waals surface area contributed by atoms with Gasteiger partial charge in [-0.1, -0.05) is 65.7 Å². The first-order valence-corrected chi connectivity index (χ1v) is 14.2. The number of carbonyl (C=O) groups is 2. The van der Waals surface area contributed by atoms with E-state index >= 15 is 0 Å². The molecule has 0 bridgehead atoms. The molecule has 0 radical (unpaired) electrons. The number of hydrogen-bond acceptors (Lipinski definition) is 8. The van der Waals surface area contributed by atoms with Crippen LogP contribution < -0.4 is 21.3 Å². The number of amides is 4. The van der Waals surface area contributed by atoms with E-state index < -0.39 is 27.1 Å². The van der Waals surface area contributed by atoms with Gasteiger partial charge in [-0.2, -0.15) is 8.42 Å². The number of urea groups is 2. The van der Waals surface area contributed by atoms with Crippen molar-refractivity contribution in [1.82, 2.24) is 0 Å². The van der Waals surface area contributed by atoms with Crippen molar-refractivity contribution in [2.24, 2.45) is 0 Å². The number of nitrogens with one attached hydrogen (secondary N) is 4. The molecular weight excluding hydrogens is 584 g/mol. The van der Waals surface area contributed by atoms with Crippen molar-refractivity contribution in [2.45, 2.75) is 9.79 Å². The van der Waals surface area contributed by atoms with Crippen molar-refractivity contribution in [1.29, 1.82) is 0 Å². The van der Waals surface area contributed by atoms with Crippen LogP contribution in [0.2, 0.25) is 0 Å². The van der Waals surface area contributed by atoms with Crippen LogP contribution in [0.5, 0.6) is 0 Å². The number of anilines is 4. The van der Waals surface area contributed by atoms with Crippen LogP contribution in [-0.4, -0.2) is 30.3 Å². The highest BCUT2D eigenvalue weighted by Crippen LogP contribution is 2.30. The second-order valence-electron chi connectivity index (χ2n) is 8.43. The minimum absolute atomic E-state index is 0.117. The summed E-state index contributed by atoms with van der Waals surface area (Å²) in [4.78, 5) is 24.6. The van der Waals surface area contributed by atoms with Gasteiger partial charge in [-0.3, -0.25) is 4.55 Å². The molecule has 4 aromatic carbocycles. The Labute approximate surface area is 245 Å². The Balaban J connectivity index is 1.53. The van der Waals surface area contributed by atoms with E-state index in [9.17, 15) is 22.6 Å². The summed E-state index contributed by atoms with van der Waals surface area (Å²) in [5, 5.41) is 22.8. The van der Waals surface area contributed by atoms with Crippen LogP contribution in [0, 0.1) is 0 Å². The lowest BCUT2D eigenvalue weighted by Gasteiger charge is -2.11. The summed E-state index contributed by atoms with van der Waals surface area (Å²) < 4.78 is 38.7. The van der Waals surface area contributed by atoms with Gasteiger partial charge in [0.25, 0.3) is 10.1 Å². The molecule has 4 rings (SSSR count). The minimum Gasteiger partial charge on any atom is -0.308 e. The molecule has 0 unspecified atom stereocenters. The highest BCUT2D eigenvalue weighted by Gasteiger charge is 2.16. The van der Waals surface area contributed by atoms with Crippen molar-refractivity contribution in [3.05, 3.63) is 108 Å². The lowest BCUT2D eigenvalue weighted by atomic mass is 10.1. The second kappa shape index (κ2) is 14.3. The smallest absolute Gasteiger partial charge is 0.308 e. The average molecular weight is 609 g/mol. The summed E-state index contributed by atoms with van der Waals surface area (Å²) >= 11 is 0.630. The van der Waals surface area contributed by atoms with Gasteiger partial charge in [0.05, 0.1) is 12.0 Å². The summed E-state index contributed by atoms with van der Waals surface area (Å²) in [6.45, 7) is 0. The Bertz CT molecular complexity index is 1690. The van der Waals surface area contributed by atoms with Crippen molar-refractivity contribution in [3.63, 3.8) is 0 Å². The van der Waals surface area contributed by atoms with Gasteiger partial charge >= 0.3 is 12.1 Å². The lowest BCUT2D eigenvalue weighted by Crippen LogP contribution is -2.19. The predicted molar refractivity (Wildman–Crippen MR) is 160 cm³/mol. The summed E-state index contributed by atoms with van der Waals surface area (Å²) in [7, 11) is -4.69. The molecule has 4 aromatic rings. The molecule has 0 saturated heterocycles. The molecule has 0 aromatic heterocycles. The maximum Gasteiger partial charge on any atom is 0.323 e. The monoisotopic (exact) mass is 608 g/mol. The van der Waals surface area contributed by atoms with Gasteiger partial charge in [0.15, 0.2) is 0 Å². The topological polar surface area (TPSA) is 175 Å². The standard InChI is InChI=1S/C28H24N4O8S2/c33-27(29-21-7-3-1-4-8-21)31-23-15-13-19(25(17-23)41-40-39-35)11-12-20-14-16-24(18-26(20)42(36,37)38)32-28(34)30-22-9-5-2-6-10-22/h1-18,35H,(H2,29,31,33)(H2,30,32,34)(H,36,37,38)/b12-11+. The number of para-hydroxylation sites is 2. The molecule has 14 heteroatoms. The van der Waals surface area contributed by atoms with Crippen molar-refractivity contribution in [2.75, 3.05) is 21.3 Å². The molecule has 0 aliphatic rings. The quantitative estimate of drug-likeness (QED) is 0.0371. The summed E-state index contributed by atoms with van der Waals surface area (Å²) in [5.74, 6) is 0. The van der Waals surface area contributed by atoms with Crippen molar-refractivity contribution in [3.8, 4) is 0 Å². The van der Waals surface area contributed by atoms with E-state index in [4.69, 9.17) is 5.26 Å². The highest BCUT2D eigenvalue weighted by atomic mass is 32.2. The SMILES string of the molecule is O=C(Nc1ccccc1)Nc1ccc(/C=C/c2ccc(NC(=O)Nc3ccccc3)cc2S(=O)(=O)O)c(SOOO)c1. The van der Waals surface area contributed by atoms with Gasteiger partial charge in [0.1, 0.15) is 4.90 Å². The molecule has 0 aliphatic heterocycles. The van der Waals surface area contributed by atoms with E-state index in [1.54, 1.807) is 66.7 Å². The zero-order chi connectivity index (χ0) is 30.0. The normalized spacial score (nSPS) is 11.2.